The number of rotatable bonds is 5. The van der Waals surface area contributed by atoms with Gasteiger partial charge in [0.1, 0.15) is 17.7 Å². The third-order valence-electron chi connectivity index (χ3n) is 3.25. The van der Waals surface area contributed by atoms with Crippen molar-refractivity contribution in [2.75, 3.05) is 0 Å². The molecule has 96 valence electrons. The van der Waals surface area contributed by atoms with Crippen molar-refractivity contribution in [1.82, 2.24) is 14.9 Å². The fraction of sp³-hybridized carbons (Fsp3) is 0.538. The largest absolute Gasteiger partial charge is 0.321 e. The molecule has 0 bridgehead atoms. The number of hydrogen-bond acceptors (Lipinski definition) is 5. The summed E-state index contributed by atoms with van der Waals surface area (Å²) in [6, 6.07) is 6.59. The molecule has 1 unspecified atom stereocenters. The van der Waals surface area contributed by atoms with Crippen LogP contribution in [0.4, 0.5) is 0 Å². The Balaban J connectivity index is 2.06. The fourth-order valence-electron chi connectivity index (χ4n) is 1.93. The van der Waals surface area contributed by atoms with Gasteiger partial charge in [-0.2, -0.15) is 15.8 Å². The monoisotopic (exact) mass is 254 g/mol. The summed E-state index contributed by atoms with van der Waals surface area (Å²) < 4.78 is 1.63. The Morgan fingerprint density at radius 3 is 2.68 bits per heavy atom. The van der Waals surface area contributed by atoms with Gasteiger partial charge in [-0.1, -0.05) is 0 Å². The molecule has 0 amide bonds. The standard InChI is InChI=1S/C13H14N6/c1-13(8-16,18-10-2-3-10)4-5-19-9-17-11(6-14)12(19)7-15/h9-10,18H,2-5H2,1H3. The van der Waals surface area contributed by atoms with Gasteiger partial charge in [-0.15, -0.1) is 0 Å². The molecular weight excluding hydrogens is 240 g/mol. The van der Waals surface area contributed by atoms with Crippen molar-refractivity contribution >= 4 is 0 Å². The number of aromatic nitrogens is 2. The molecule has 2 rings (SSSR count). The van der Waals surface area contributed by atoms with E-state index < -0.39 is 5.54 Å². The number of nitrogens with one attached hydrogen (secondary N) is 1. The van der Waals surface area contributed by atoms with E-state index in [1.165, 1.54) is 6.33 Å². The molecular formula is C13H14N6. The normalized spacial score (nSPS) is 16.9. The van der Waals surface area contributed by atoms with E-state index in [0.717, 1.165) is 12.8 Å². The van der Waals surface area contributed by atoms with E-state index in [0.29, 0.717) is 19.0 Å². The van der Waals surface area contributed by atoms with E-state index in [-0.39, 0.29) is 11.4 Å². The van der Waals surface area contributed by atoms with Crippen LogP contribution in [0.5, 0.6) is 0 Å². The minimum absolute atomic E-state index is 0.135. The van der Waals surface area contributed by atoms with Crippen LogP contribution in [0.25, 0.3) is 0 Å². The average molecular weight is 254 g/mol. The molecule has 1 heterocycles. The van der Waals surface area contributed by atoms with Crippen LogP contribution in [-0.2, 0) is 6.54 Å². The maximum absolute atomic E-state index is 9.26. The first-order chi connectivity index (χ1) is 9.11. The topological polar surface area (TPSA) is 101 Å². The highest BCUT2D eigenvalue weighted by molar-refractivity contribution is 5.36. The fourth-order valence-corrected chi connectivity index (χ4v) is 1.93. The molecule has 1 aliphatic rings. The lowest BCUT2D eigenvalue weighted by molar-refractivity contribution is 0.388. The molecule has 0 spiro atoms. The molecule has 0 saturated heterocycles. The van der Waals surface area contributed by atoms with E-state index >= 15 is 0 Å². The summed E-state index contributed by atoms with van der Waals surface area (Å²) in [6.07, 6.45) is 4.27. The van der Waals surface area contributed by atoms with Crippen LogP contribution >= 0.6 is 0 Å². The zero-order chi connectivity index (χ0) is 13.9. The van der Waals surface area contributed by atoms with Gasteiger partial charge < -0.3 is 4.57 Å². The molecule has 0 aliphatic heterocycles. The third kappa shape index (κ3) is 2.91. The van der Waals surface area contributed by atoms with Crippen molar-refractivity contribution in [3.05, 3.63) is 17.7 Å². The van der Waals surface area contributed by atoms with Crippen molar-refractivity contribution in [2.45, 2.75) is 44.3 Å². The molecule has 1 atom stereocenters. The Labute approximate surface area is 111 Å². The van der Waals surface area contributed by atoms with Crippen LogP contribution in [0.2, 0.25) is 0 Å². The third-order valence-corrected chi connectivity index (χ3v) is 3.25. The van der Waals surface area contributed by atoms with Crippen molar-refractivity contribution in [3.8, 4) is 18.2 Å². The molecule has 1 aromatic heterocycles. The lowest BCUT2D eigenvalue weighted by Gasteiger charge is -2.23. The van der Waals surface area contributed by atoms with Crippen LogP contribution in [0.1, 0.15) is 37.6 Å². The van der Waals surface area contributed by atoms with Crippen molar-refractivity contribution < 1.29 is 0 Å². The Kier molecular flexibility index (Phi) is 3.51. The van der Waals surface area contributed by atoms with Gasteiger partial charge in [0, 0.05) is 12.6 Å². The maximum Gasteiger partial charge on any atom is 0.176 e. The van der Waals surface area contributed by atoms with Gasteiger partial charge in [0.05, 0.1) is 12.4 Å². The smallest absolute Gasteiger partial charge is 0.176 e. The molecule has 1 N–H and O–H groups in total. The SMILES string of the molecule is CC(C#N)(CCn1cnc(C#N)c1C#N)NC1CC1. The Morgan fingerprint density at radius 2 is 2.16 bits per heavy atom. The van der Waals surface area contributed by atoms with Crippen LogP contribution < -0.4 is 5.32 Å². The number of aryl methyl sites for hydroxylation is 1. The predicted molar refractivity (Wildman–Crippen MR) is 66.4 cm³/mol. The lowest BCUT2D eigenvalue weighted by atomic mass is 9.99. The van der Waals surface area contributed by atoms with Gasteiger partial charge in [0.2, 0.25) is 0 Å². The average Bonchev–Trinajstić information content (AvgIpc) is 3.13. The highest BCUT2D eigenvalue weighted by Gasteiger charge is 2.32. The summed E-state index contributed by atoms with van der Waals surface area (Å²) in [6.45, 7) is 2.35. The summed E-state index contributed by atoms with van der Waals surface area (Å²) in [4.78, 5) is 3.88. The number of nitrogens with zero attached hydrogens (tertiary/aromatic N) is 5. The lowest BCUT2D eigenvalue weighted by Crippen LogP contribution is -2.43. The summed E-state index contributed by atoms with van der Waals surface area (Å²) in [5.41, 5.74) is -0.212. The first kappa shape index (κ1) is 13.1. The van der Waals surface area contributed by atoms with Crippen molar-refractivity contribution in [3.63, 3.8) is 0 Å². The van der Waals surface area contributed by atoms with Gasteiger partial charge in [0.15, 0.2) is 11.4 Å². The number of hydrogen-bond donors (Lipinski definition) is 1. The summed E-state index contributed by atoms with van der Waals surface area (Å²) >= 11 is 0. The van der Waals surface area contributed by atoms with Crippen LogP contribution in [0.15, 0.2) is 6.33 Å². The molecule has 1 aliphatic carbocycles. The van der Waals surface area contributed by atoms with Gasteiger partial charge in [-0.3, -0.25) is 5.32 Å². The quantitative estimate of drug-likeness (QED) is 0.846. The summed E-state index contributed by atoms with van der Waals surface area (Å²) in [5, 5.41) is 30.4. The predicted octanol–water partition coefficient (Wildman–Crippen LogP) is 1.05. The highest BCUT2D eigenvalue weighted by atomic mass is 15.1. The van der Waals surface area contributed by atoms with E-state index in [9.17, 15) is 5.26 Å². The summed E-state index contributed by atoms with van der Waals surface area (Å²) in [7, 11) is 0. The van der Waals surface area contributed by atoms with Gasteiger partial charge in [0.25, 0.3) is 0 Å². The first-order valence-corrected chi connectivity index (χ1v) is 6.16. The van der Waals surface area contributed by atoms with Crippen LogP contribution in [-0.4, -0.2) is 21.1 Å². The molecule has 0 aromatic carbocycles. The molecule has 1 saturated carbocycles. The molecule has 0 radical (unpaired) electrons. The summed E-state index contributed by atoms with van der Waals surface area (Å²) in [5.74, 6) is 0. The van der Waals surface area contributed by atoms with Gasteiger partial charge in [-0.05, 0) is 26.2 Å². The minimum Gasteiger partial charge on any atom is -0.321 e. The zero-order valence-corrected chi connectivity index (χ0v) is 10.7. The van der Waals surface area contributed by atoms with E-state index in [4.69, 9.17) is 10.5 Å². The first-order valence-electron chi connectivity index (χ1n) is 6.16. The second kappa shape index (κ2) is 5.10. The molecule has 1 fully saturated rings. The van der Waals surface area contributed by atoms with E-state index in [1.54, 1.807) is 4.57 Å². The number of nitriles is 3. The molecule has 19 heavy (non-hydrogen) atoms. The Bertz CT molecular complexity index is 592. The molecule has 6 heteroatoms. The van der Waals surface area contributed by atoms with E-state index in [2.05, 4.69) is 16.4 Å². The zero-order valence-electron chi connectivity index (χ0n) is 10.7. The molecule has 1 aromatic rings. The van der Waals surface area contributed by atoms with Gasteiger partial charge in [-0.25, -0.2) is 4.98 Å². The Morgan fingerprint density at radius 1 is 1.42 bits per heavy atom. The second-order valence-corrected chi connectivity index (χ2v) is 4.97. The molecule has 6 nitrogen and oxygen atoms in total. The minimum atomic E-state index is -0.606. The van der Waals surface area contributed by atoms with Crippen molar-refractivity contribution in [1.29, 1.82) is 15.8 Å². The van der Waals surface area contributed by atoms with Crippen LogP contribution in [0.3, 0.4) is 0 Å². The second-order valence-electron chi connectivity index (χ2n) is 4.97. The van der Waals surface area contributed by atoms with Gasteiger partial charge >= 0.3 is 0 Å². The van der Waals surface area contributed by atoms with Crippen LogP contribution in [0, 0.1) is 34.0 Å². The Hall–Kier alpha value is -2.36. The van der Waals surface area contributed by atoms with Crippen molar-refractivity contribution in [2.24, 2.45) is 0 Å². The highest BCUT2D eigenvalue weighted by Crippen LogP contribution is 2.24. The maximum atomic E-state index is 9.26. The van der Waals surface area contributed by atoms with E-state index in [1.807, 2.05) is 19.1 Å². The number of imidazole rings is 1.